The third-order valence-electron chi connectivity index (χ3n) is 2.05. The molecule has 2 N–H and O–H groups in total. The Kier molecular flexibility index (Phi) is 1.71. The van der Waals surface area contributed by atoms with E-state index in [0.29, 0.717) is 5.92 Å². The first kappa shape index (κ1) is 7.17. The zero-order valence-electron chi connectivity index (χ0n) is 6.77. The molecule has 0 amide bonds. The standard InChI is InChI=1S/C11H11N/c12-11-7-3-6-9-4-1-2-5-10(9)8-11/h1-8,10H,12H2. The Morgan fingerprint density at radius 1 is 1.08 bits per heavy atom. The lowest BCUT2D eigenvalue weighted by atomic mass is 9.94. The molecule has 2 aliphatic carbocycles. The molecule has 0 heterocycles. The molecule has 0 bridgehead atoms. The monoisotopic (exact) mass is 157 g/mol. The van der Waals surface area contributed by atoms with Gasteiger partial charge in [0, 0.05) is 11.6 Å². The first-order valence-corrected chi connectivity index (χ1v) is 4.07. The lowest BCUT2D eigenvalue weighted by Gasteiger charge is -2.11. The molecule has 0 fully saturated rings. The molecular weight excluding hydrogens is 146 g/mol. The molecule has 0 radical (unpaired) electrons. The average molecular weight is 157 g/mol. The van der Waals surface area contributed by atoms with Crippen molar-refractivity contribution in [2.24, 2.45) is 11.7 Å². The molecule has 60 valence electrons. The first-order valence-electron chi connectivity index (χ1n) is 4.07. The van der Waals surface area contributed by atoms with E-state index in [9.17, 15) is 0 Å². The van der Waals surface area contributed by atoms with Crippen LogP contribution in [0.4, 0.5) is 0 Å². The van der Waals surface area contributed by atoms with E-state index in [1.807, 2.05) is 18.2 Å². The van der Waals surface area contributed by atoms with E-state index >= 15 is 0 Å². The summed E-state index contributed by atoms with van der Waals surface area (Å²) in [5.74, 6) is 0.366. The number of fused-ring (bicyclic) bond motifs is 1. The third kappa shape index (κ3) is 1.26. The van der Waals surface area contributed by atoms with Crippen LogP contribution in [0.3, 0.4) is 0 Å². The number of hydrogen-bond donors (Lipinski definition) is 1. The number of rotatable bonds is 0. The minimum Gasteiger partial charge on any atom is -0.399 e. The Balaban J connectivity index is 2.40. The van der Waals surface area contributed by atoms with Crippen molar-refractivity contribution < 1.29 is 0 Å². The van der Waals surface area contributed by atoms with Crippen molar-refractivity contribution in [3.05, 3.63) is 59.9 Å². The highest BCUT2D eigenvalue weighted by Gasteiger charge is 2.09. The fourth-order valence-corrected chi connectivity index (χ4v) is 1.42. The van der Waals surface area contributed by atoms with Crippen LogP contribution < -0.4 is 5.73 Å². The Morgan fingerprint density at radius 2 is 2.00 bits per heavy atom. The molecule has 0 saturated carbocycles. The summed E-state index contributed by atoms with van der Waals surface area (Å²) in [5.41, 5.74) is 7.86. The Labute approximate surface area is 72.3 Å². The van der Waals surface area contributed by atoms with E-state index in [4.69, 9.17) is 5.73 Å². The molecule has 0 aromatic heterocycles. The predicted octanol–water partition coefficient (Wildman–Crippen LogP) is 2.07. The molecule has 1 unspecified atom stereocenters. The van der Waals surface area contributed by atoms with Crippen LogP contribution in [0.5, 0.6) is 0 Å². The highest BCUT2D eigenvalue weighted by atomic mass is 14.6. The van der Waals surface area contributed by atoms with Crippen LogP contribution in [0.25, 0.3) is 0 Å². The van der Waals surface area contributed by atoms with Gasteiger partial charge in [-0.1, -0.05) is 42.5 Å². The SMILES string of the molecule is NC1=CC2C=CC=CC2=CC=C1. The first-order chi connectivity index (χ1) is 5.86. The number of allylic oxidation sites excluding steroid dienone is 9. The van der Waals surface area contributed by atoms with Crippen LogP contribution in [-0.2, 0) is 0 Å². The van der Waals surface area contributed by atoms with Gasteiger partial charge in [0.1, 0.15) is 0 Å². The average Bonchev–Trinajstić information content (AvgIpc) is 2.25. The third-order valence-corrected chi connectivity index (χ3v) is 2.05. The van der Waals surface area contributed by atoms with Crippen LogP contribution in [-0.4, -0.2) is 0 Å². The smallest absolute Gasteiger partial charge is 0.0282 e. The van der Waals surface area contributed by atoms with E-state index in [-0.39, 0.29) is 0 Å². The van der Waals surface area contributed by atoms with Crippen LogP contribution in [0.15, 0.2) is 59.9 Å². The molecule has 1 atom stereocenters. The number of hydrogen-bond acceptors (Lipinski definition) is 1. The highest BCUT2D eigenvalue weighted by molar-refractivity contribution is 5.42. The Bertz CT molecular complexity index is 327. The highest BCUT2D eigenvalue weighted by Crippen LogP contribution is 2.22. The van der Waals surface area contributed by atoms with Gasteiger partial charge >= 0.3 is 0 Å². The fourth-order valence-electron chi connectivity index (χ4n) is 1.42. The minimum atomic E-state index is 0.366. The molecule has 1 nitrogen and oxygen atoms in total. The van der Waals surface area contributed by atoms with Gasteiger partial charge in [0.15, 0.2) is 0 Å². The molecule has 2 aliphatic rings. The maximum Gasteiger partial charge on any atom is 0.0282 e. The van der Waals surface area contributed by atoms with E-state index in [2.05, 4.69) is 30.4 Å². The van der Waals surface area contributed by atoms with Gasteiger partial charge in [-0.05, 0) is 11.6 Å². The second-order valence-corrected chi connectivity index (χ2v) is 2.96. The largest absolute Gasteiger partial charge is 0.399 e. The van der Waals surface area contributed by atoms with Gasteiger partial charge in [-0.15, -0.1) is 0 Å². The van der Waals surface area contributed by atoms with Crippen LogP contribution in [0, 0.1) is 5.92 Å². The quantitative estimate of drug-likeness (QED) is 0.572. The summed E-state index contributed by atoms with van der Waals surface area (Å²) in [5, 5.41) is 0. The molecule has 0 aliphatic heterocycles. The van der Waals surface area contributed by atoms with E-state index in [1.165, 1.54) is 5.57 Å². The van der Waals surface area contributed by atoms with Gasteiger partial charge in [-0.2, -0.15) is 0 Å². The molecule has 1 heteroatoms. The molecule has 0 aromatic rings. The van der Waals surface area contributed by atoms with Gasteiger partial charge in [0.2, 0.25) is 0 Å². The summed E-state index contributed by atoms with van der Waals surface area (Å²) in [4.78, 5) is 0. The Morgan fingerprint density at radius 3 is 2.92 bits per heavy atom. The van der Waals surface area contributed by atoms with Crippen molar-refractivity contribution in [3.8, 4) is 0 Å². The van der Waals surface area contributed by atoms with E-state index < -0.39 is 0 Å². The van der Waals surface area contributed by atoms with E-state index in [0.717, 1.165) is 5.70 Å². The molecule has 0 aromatic carbocycles. The Hall–Kier alpha value is -1.50. The van der Waals surface area contributed by atoms with Crippen molar-refractivity contribution in [2.75, 3.05) is 0 Å². The zero-order valence-corrected chi connectivity index (χ0v) is 6.77. The number of nitrogens with two attached hydrogens (primary N) is 1. The summed E-state index contributed by atoms with van der Waals surface area (Å²) in [6.45, 7) is 0. The molecule has 0 saturated heterocycles. The second kappa shape index (κ2) is 2.86. The van der Waals surface area contributed by atoms with E-state index in [1.54, 1.807) is 0 Å². The zero-order chi connectivity index (χ0) is 8.39. The normalized spacial score (nSPS) is 25.8. The van der Waals surface area contributed by atoms with Gasteiger partial charge in [-0.3, -0.25) is 0 Å². The van der Waals surface area contributed by atoms with Crippen LogP contribution in [0.1, 0.15) is 0 Å². The summed E-state index contributed by atoms with van der Waals surface area (Å²) in [7, 11) is 0. The van der Waals surface area contributed by atoms with Gasteiger partial charge in [0.05, 0.1) is 0 Å². The fraction of sp³-hybridized carbons (Fsp3) is 0.0909. The van der Waals surface area contributed by atoms with Crippen molar-refractivity contribution in [1.29, 1.82) is 0 Å². The molecule has 2 rings (SSSR count). The summed E-state index contributed by atoms with van der Waals surface area (Å²) < 4.78 is 0. The molecule has 0 spiro atoms. The van der Waals surface area contributed by atoms with Gasteiger partial charge in [-0.25, -0.2) is 0 Å². The predicted molar refractivity (Wildman–Crippen MR) is 51.3 cm³/mol. The van der Waals surface area contributed by atoms with Crippen molar-refractivity contribution >= 4 is 0 Å². The van der Waals surface area contributed by atoms with Crippen molar-refractivity contribution in [3.63, 3.8) is 0 Å². The lowest BCUT2D eigenvalue weighted by molar-refractivity contribution is 0.985. The topological polar surface area (TPSA) is 26.0 Å². The van der Waals surface area contributed by atoms with Crippen LogP contribution in [0.2, 0.25) is 0 Å². The van der Waals surface area contributed by atoms with Crippen LogP contribution >= 0.6 is 0 Å². The summed E-state index contributed by atoms with van der Waals surface area (Å²) in [6.07, 6.45) is 16.4. The lowest BCUT2D eigenvalue weighted by Crippen LogP contribution is -2.01. The van der Waals surface area contributed by atoms with Crippen molar-refractivity contribution in [2.45, 2.75) is 0 Å². The maximum absolute atomic E-state index is 5.72. The second-order valence-electron chi connectivity index (χ2n) is 2.96. The van der Waals surface area contributed by atoms with Crippen molar-refractivity contribution in [1.82, 2.24) is 0 Å². The maximum atomic E-state index is 5.72. The van der Waals surface area contributed by atoms with Gasteiger partial charge < -0.3 is 5.73 Å². The minimum absolute atomic E-state index is 0.366. The molecule has 12 heavy (non-hydrogen) atoms. The summed E-state index contributed by atoms with van der Waals surface area (Å²) in [6, 6.07) is 0. The summed E-state index contributed by atoms with van der Waals surface area (Å²) >= 11 is 0. The molecular formula is C11H11N. The van der Waals surface area contributed by atoms with Gasteiger partial charge in [0.25, 0.3) is 0 Å².